The lowest BCUT2D eigenvalue weighted by molar-refractivity contribution is -0.127. The first-order valence-corrected chi connectivity index (χ1v) is 18.1. The van der Waals surface area contributed by atoms with Crippen molar-refractivity contribution < 1.29 is 44.1 Å². The van der Waals surface area contributed by atoms with Gasteiger partial charge in [0.1, 0.15) is 24.4 Å². The number of aliphatic hydroxyl groups excluding tert-OH is 4. The number of aryl methyl sites for hydroxylation is 2. The largest absolute Gasteiger partial charge is 0.389 e. The maximum Gasteiger partial charge on any atom is 0.109 e. The van der Waals surface area contributed by atoms with Gasteiger partial charge in [-0.25, -0.2) is 9.36 Å². The van der Waals surface area contributed by atoms with Crippen molar-refractivity contribution in [2.45, 2.75) is 125 Å². The lowest BCUT2D eigenvalue weighted by Gasteiger charge is -2.39. The third kappa shape index (κ3) is 13.6. The molecule has 2 aliphatic carbocycles. The van der Waals surface area contributed by atoms with Crippen LogP contribution < -0.4 is 22.9 Å². The molecule has 0 aromatic carbocycles. The topological polar surface area (TPSA) is 293 Å². The summed E-state index contributed by atoms with van der Waals surface area (Å²) in [6, 6.07) is -1.88. The molecule has 2 aliphatic rings. The first kappa shape index (κ1) is 41.5. The Morgan fingerprint density at radius 1 is 0.529 bits per heavy atom. The molecule has 10 atom stereocenters. The number of aliphatic hydroxyl groups is 4. The molecule has 0 radical (unpaired) electrons. The molecule has 2 aromatic heterocycles. The maximum atomic E-state index is 10.2. The Bertz CT molecular complexity index is 1140. The second-order valence-electron chi connectivity index (χ2n) is 13.5. The first-order chi connectivity index (χ1) is 24.6. The summed E-state index contributed by atoms with van der Waals surface area (Å²) in [6.45, 7) is 4.85. The van der Waals surface area contributed by atoms with E-state index in [1.807, 2.05) is 12.4 Å². The second kappa shape index (κ2) is 22.1. The van der Waals surface area contributed by atoms with Gasteiger partial charge in [-0.15, -0.1) is 10.2 Å². The number of ether oxygens (including phenoxy) is 5. The van der Waals surface area contributed by atoms with Gasteiger partial charge < -0.3 is 67.0 Å². The zero-order chi connectivity index (χ0) is 36.6. The molecule has 0 amide bonds. The first-order valence-electron chi connectivity index (χ1n) is 18.1. The molecule has 2 fully saturated rings. The Balaban J connectivity index is 0.918. The van der Waals surface area contributed by atoms with Gasteiger partial charge >= 0.3 is 0 Å². The molecule has 0 unspecified atom stereocenters. The van der Waals surface area contributed by atoms with Gasteiger partial charge in [-0.1, -0.05) is 10.4 Å². The molecule has 4 rings (SSSR count). The van der Waals surface area contributed by atoms with E-state index in [0.29, 0.717) is 78.8 Å². The summed E-state index contributed by atoms with van der Waals surface area (Å²) in [5, 5.41) is 57.0. The molecule has 12 N–H and O–H groups in total. The van der Waals surface area contributed by atoms with Crippen LogP contribution in [-0.4, -0.2) is 164 Å². The third-order valence-electron chi connectivity index (χ3n) is 9.30. The van der Waals surface area contributed by atoms with Crippen LogP contribution in [0.15, 0.2) is 12.4 Å². The Morgan fingerprint density at radius 2 is 0.922 bits per heavy atom. The minimum atomic E-state index is -1.08. The second-order valence-corrected chi connectivity index (χ2v) is 13.5. The predicted molar refractivity (Wildman–Crippen MR) is 183 cm³/mol. The van der Waals surface area contributed by atoms with Crippen LogP contribution in [0.3, 0.4) is 0 Å². The molecular formula is C32H60N10O9. The SMILES string of the molecule is N[C@@H]1C[C@H](N)[C@@H](OCCCCc2cn(CCOCCOCCOCCn3cc(CCCCO[C@H]4[C@H](O)[C@@H](O)[C@H](N)C[C@@H]4N)nn3)nn2)[C@H](O)[C@H]1O. The number of rotatable bonds is 24. The molecule has 0 bridgehead atoms. The van der Waals surface area contributed by atoms with Gasteiger partial charge in [-0.2, -0.15) is 0 Å². The Morgan fingerprint density at radius 3 is 1.33 bits per heavy atom. The maximum absolute atomic E-state index is 10.2. The van der Waals surface area contributed by atoms with Crippen molar-refractivity contribution in [3.63, 3.8) is 0 Å². The van der Waals surface area contributed by atoms with Crippen LogP contribution in [0, 0.1) is 0 Å². The van der Waals surface area contributed by atoms with Gasteiger partial charge in [0.05, 0.1) is 76.3 Å². The molecule has 51 heavy (non-hydrogen) atoms. The number of nitrogens with zero attached hydrogens (tertiary/aromatic N) is 6. The van der Waals surface area contributed by atoms with Crippen molar-refractivity contribution in [1.82, 2.24) is 30.0 Å². The molecule has 0 saturated heterocycles. The highest BCUT2D eigenvalue weighted by Crippen LogP contribution is 2.22. The predicted octanol–water partition coefficient (Wildman–Crippen LogP) is -3.40. The summed E-state index contributed by atoms with van der Waals surface area (Å²) in [7, 11) is 0. The number of unbranched alkanes of at least 4 members (excludes halogenated alkanes) is 2. The summed E-state index contributed by atoms with van der Waals surface area (Å²) >= 11 is 0. The van der Waals surface area contributed by atoms with Crippen LogP contribution in [0.4, 0.5) is 0 Å². The van der Waals surface area contributed by atoms with Gasteiger partial charge in [0.25, 0.3) is 0 Å². The summed E-state index contributed by atoms with van der Waals surface area (Å²) in [4.78, 5) is 0. The van der Waals surface area contributed by atoms with Crippen LogP contribution in [0.1, 0.15) is 49.9 Å². The smallest absolute Gasteiger partial charge is 0.109 e. The normalized spacial score (nSPS) is 29.9. The average molecular weight is 729 g/mol. The van der Waals surface area contributed by atoms with E-state index in [1.54, 1.807) is 9.36 Å². The average Bonchev–Trinajstić information content (AvgIpc) is 3.76. The number of hydrogen-bond donors (Lipinski definition) is 8. The van der Waals surface area contributed by atoms with E-state index in [2.05, 4.69) is 20.6 Å². The van der Waals surface area contributed by atoms with E-state index in [1.165, 1.54) is 0 Å². The summed E-state index contributed by atoms with van der Waals surface area (Å²) in [5.41, 5.74) is 25.4. The van der Waals surface area contributed by atoms with Gasteiger partial charge in [-0.05, 0) is 51.4 Å². The minimum absolute atomic E-state index is 0.403. The fourth-order valence-electron chi connectivity index (χ4n) is 6.26. The highest BCUT2D eigenvalue weighted by Gasteiger charge is 2.42. The van der Waals surface area contributed by atoms with Crippen molar-refractivity contribution in [2.75, 3.05) is 52.9 Å². The molecule has 292 valence electrons. The van der Waals surface area contributed by atoms with E-state index in [9.17, 15) is 20.4 Å². The monoisotopic (exact) mass is 728 g/mol. The quantitative estimate of drug-likeness (QED) is 0.0489. The molecule has 19 heteroatoms. The van der Waals surface area contributed by atoms with Crippen LogP contribution in [0.25, 0.3) is 0 Å². The Labute approximate surface area is 298 Å². The number of nitrogens with two attached hydrogens (primary N) is 4. The van der Waals surface area contributed by atoms with Gasteiger partial charge in [-0.3, -0.25) is 0 Å². The van der Waals surface area contributed by atoms with E-state index in [-0.39, 0.29) is 0 Å². The fourth-order valence-corrected chi connectivity index (χ4v) is 6.26. The number of aromatic nitrogens is 6. The van der Waals surface area contributed by atoms with Crippen LogP contribution in [0.2, 0.25) is 0 Å². The molecule has 19 nitrogen and oxygen atoms in total. The van der Waals surface area contributed by atoms with Crippen LogP contribution in [-0.2, 0) is 49.6 Å². The zero-order valence-electron chi connectivity index (χ0n) is 29.5. The summed E-state index contributed by atoms with van der Waals surface area (Å²) in [5.74, 6) is 0. The minimum Gasteiger partial charge on any atom is -0.389 e. The summed E-state index contributed by atoms with van der Waals surface area (Å²) < 4.78 is 31.9. The van der Waals surface area contributed by atoms with E-state index in [4.69, 9.17) is 46.6 Å². The van der Waals surface area contributed by atoms with E-state index in [0.717, 1.165) is 49.9 Å². The van der Waals surface area contributed by atoms with Gasteiger partial charge in [0.15, 0.2) is 0 Å². The fraction of sp³-hybridized carbons (Fsp3) is 0.875. The van der Waals surface area contributed by atoms with E-state index < -0.39 is 60.8 Å². The molecule has 2 heterocycles. The molecule has 2 saturated carbocycles. The summed E-state index contributed by atoms with van der Waals surface area (Å²) in [6.07, 6.45) is 3.87. The van der Waals surface area contributed by atoms with Gasteiger partial charge in [0.2, 0.25) is 0 Å². The molecule has 0 spiro atoms. The highest BCUT2D eigenvalue weighted by molar-refractivity contribution is 4.99. The lowest BCUT2D eigenvalue weighted by Crippen LogP contribution is -2.62. The third-order valence-corrected chi connectivity index (χ3v) is 9.30. The Hall–Kier alpha value is -2.24. The highest BCUT2D eigenvalue weighted by atomic mass is 16.5. The van der Waals surface area contributed by atoms with Crippen molar-refractivity contribution in [3.05, 3.63) is 23.8 Å². The molecule has 2 aromatic rings. The molecule has 0 aliphatic heterocycles. The van der Waals surface area contributed by atoms with E-state index >= 15 is 0 Å². The van der Waals surface area contributed by atoms with Gasteiger partial charge in [0, 0.05) is 49.8 Å². The van der Waals surface area contributed by atoms with Crippen LogP contribution in [0.5, 0.6) is 0 Å². The number of hydrogen-bond acceptors (Lipinski definition) is 17. The standard InChI is InChI=1S/C32H60N10O9/c33-23-17-25(35)31(29(45)27(23)43)50-9-3-1-5-21-19-41(39-37-21)7-11-47-13-15-49-16-14-48-12-8-42-20-22(38-40-42)6-2-4-10-51-32-26(36)18-24(34)28(44)30(32)46/h19-20,23-32,43-46H,1-18,33-36H2/t23-,24-,25+,26+,27+,28+,29-,30-,31-,32-/m1/s1. The lowest BCUT2D eigenvalue weighted by atomic mass is 9.85. The van der Waals surface area contributed by atoms with Crippen molar-refractivity contribution in [3.8, 4) is 0 Å². The Kier molecular flexibility index (Phi) is 18.0. The van der Waals surface area contributed by atoms with Crippen LogP contribution >= 0.6 is 0 Å². The zero-order valence-corrected chi connectivity index (χ0v) is 29.5. The molecular weight excluding hydrogens is 668 g/mol. The van der Waals surface area contributed by atoms with Crippen molar-refractivity contribution in [1.29, 1.82) is 0 Å². The van der Waals surface area contributed by atoms with Crippen molar-refractivity contribution in [2.24, 2.45) is 22.9 Å². The van der Waals surface area contributed by atoms with Crippen molar-refractivity contribution >= 4 is 0 Å².